The van der Waals surface area contributed by atoms with Crippen LogP contribution < -0.4 is 0 Å². The summed E-state index contributed by atoms with van der Waals surface area (Å²) in [6.07, 6.45) is 1.11. The molecule has 2 aromatic rings. The molecular formula is C17H23N. The summed E-state index contributed by atoms with van der Waals surface area (Å²) >= 11 is 0. The molecule has 0 aliphatic rings. The van der Waals surface area contributed by atoms with Crippen molar-refractivity contribution in [1.82, 2.24) is 4.90 Å². The molecule has 0 radical (unpaired) electrons. The van der Waals surface area contributed by atoms with Crippen molar-refractivity contribution in [2.75, 3.05) is 21.1 Å². The molecule has 0 aliphatic carbocycles. The minimum absolute atomic E-state index is 1.11. The Balaban J connectivity index is 0.000000357. The predicted molar refractivity (Wildman–Crippen MR) is 80.9 cm³/mol. The van der Waals surface area contributed by atoms with Crippen LogP contribution in [0.1, 0.15) is 12.5 Å². The first-order chi connectivity index (χ1) is 8.63. The van der Waals surface area contributed by atoms with E-state index >= 15 is 0 Å². The number of benzene rings is 2. The second-order valence-electron chi connectivity index (χ2n) is 4.76. The monoisotopic (exact) mass is 241 g/mol. The smallest absolute Gasteiger partial charge is 0.0140 e. The lowest BCUT2D eigenvalue weighted by Crippen LogP contribution is -1.99. The first-order valence-electron chi connectivity index (χ1n) is 6.38. The molecule has 2 rings (SSSR count). The second-order valence-corrected chi connectivity index (χ2v) is 4.76. The highest BCUT2D eigenvalue weighted by Gasteiger charge is 1.95. The van der Waals surface area contributed by atoms with Crippen LogP contribution in [0.3, 0.4) is 0 Å². The Kier molecular flexibility index (Phi) is 6.16. The highest BCUT2D eigenvalue weighted by atomic mass is 15.0. The first-order valence-corrected chi connectivity index (χ1v) is 6.38. The van der Waals surface area contributed by atoms with Crippen LogP contribution in [0.2, 0.25) is 0 Å². The third-order valence-electron chi connectivity index (χ3n) is 2.47. The molecule has 96 valence electrons. The lowest BCUT2D eigenvalue weighted by Gasteiger charge is -2.02. The van der Waals surface area contributed by atoms with Gasteiger partial charge in [0.05, 0.1) is 0 Å². The van der Waals surface area contributed by atoms with Crippen LogP contribution in [0.25, 0.3) is 11.1 Å². The minimum Gasteiger partial charge on any atom is -0.312 e. The molecule has 0 saturated carbocycles. The van der Waals surface area contributed by atoms with Crippen LogP contribution in [-0.2, 0) is 6.42 Å². The van der Waals surface area contributed by atoms with Crippen LogP contribution >= 0.6 is 0 Å². The molecule has 1 nitrogen and oxygen atoms in total. The van der Waals surface area contributed by atoms with E-state index in [9.17, 15) is 0 Å². The molecule has 0 amide bonds. The van der Waals surface area contributed by atoms with Crippen LogP contribution in [0.15, 0.2) is 54.6 Å². The Bertz CT molecular complexity index is 426. The maximum absolute atomic E-state index is 2.20. The summed E-state index contributed by atoms with van der Waals surface area (Å²) in [4.78, 5) is 2.00. The second kappa shape index (κ2) is 7.67. The summed E-state index contributed by atoms with van der Waals surface area (Å²) in [5.41, 5.74) is 3.97. The van der Waals surface area contributed by atoms with Gasteiger partial charge in [0.15, 0.2) is 0 Å². The Morgan fingerprint density at radius 3 is 1.61 bits per heavy atom. The molecule has 0 atom stereocenters. The van der Waals surface area contributed by atoms with Crippen molar-refractivity contribution in [1.29, 1.82) is 0 Å². The third kappa shape index (κ3) is 5.15. The minimum atomic E-state index is 1.11. The van der Waals surface area contributed by atoms with E-state index in [1.807, 2.05) is 32.1 Å². The Hall–Kier alpha value is -1.60. The number of hydrogen-bond donors (Lipinski definition) is 0. The van der Waals surface area contributed by atoms with Crippen molar-refractivity contribution >= 4 is 0 Å². The molecule has 2 aromatic carbocycles. The summed E-state index contributed by atoms with van der Waals surface area (Å²) in [5.74, 6) is 0. The fourth-order valence-electron chi connectivity index (χ4n) is 1.56. The molecule has 0 fully saturated rings. The van der Waals surface area contributed by atoms with Gasteiger partial charge in [-0.3, -0.25) is 0 Å². The van der Waals surface area contributed by atoms with Gasteiger partial charge in [0.1, 0.15) is 0 Å². The molecule has 0 aromatic heterocycles. The molecule has 0 heterocycles. The van der Waals surface area contributed by atoms with E-state index < -0.39 is 0 Å². The van der Waals surface area contributed by atoms with Gasteiger partial charge in [-0.05, 0) is 44.3 Å². The van der Waals surface area contributed by atoms with Crippen molar-refractivity contribution in [3.05, 3.63) is 60.2 Å². The molecule has 0 unspecified atom stereocenters. The topological polar surface area (TPSA) is 3.24 Å². The van der Waals surface area contributed by atoms with Gasteiger partial charge in [-0.1, -0.05) is 61.5 Å². The van der Waals surface area contributed by atoms with E-state index in [4.69, 9.17) is 0 Å². The van der Waals surface area contributed by atoms with E-state index in [0.717, 1.165) is 6.42 Å². The first kappa shape index (κ1) is 14.5. The van der Waals surface area contributed by atoms with Crippen molar-refractivity contribution in [2.24, 2.45) is 0 Å². The molecule has 18 heavy (non-hydrogen) atoms. The zero-order valence-electron chi connectivity index (χ0n) is 11.9. The Labute approximate surface area is 111 Å². The van der Waals surface area contributed by atoms with Gasteiger partial charge in [-0.15, -0.1) is 0 Å². The van der Waals surface area contributed by atoms with Crippen LogP contribution in [-0.4, -0.2) is 26.0 Å². The number of hydrogen-bond acceptors (Lipinski definition) is 1. The number of aryl methyl sites for hydroxylation is 1. The lowest BCUT2D eigenvalue weighted by atomic mass is 10.0. The van der Waals surface area contributed by atoms with Gasteiger partial charge >= 0.3 is 0 Å². The van der Waals surface area contributed by atoms with Crippen LogP contribution in [0, 0.1) is 0 Å². The van der Waals surface area contributed by atoms with Gasteiger partial charge in [-0.2, -0.15) is 0 Å². The third-order valence-corrected chi connectivity index (χ3v) is 2.47. The van der Waals surface area contributed by atoms with E-state index in [-0.39, 0.29) is 0 Å². The number of nitrogens with zero attached hydrogens (tertiary/aromatic N) is 1. The molecule has 0 bridgehead atoms. The zero-order valence-corrected chi connectivity index (χ0v) is 11.9. The molecule has 0 spiro atoms. The molecule has 1 heteroatoms. The van der Waals surface area contributed by atoms with Crippen LogP contribution in [0.4, 0.5) is 0 Å². The molecular weight excluding hydrogens is 218 g/mol. The zero-order chi connectivity index (χ0) is 13.4. The standard InChI is InChI=1S/C14H14.C3H9N/c1-2-12-8-10-14(11-9-12)13-6-4-3-5-7-13;1-4(2)3/h3-11H,2H2,1H3;1-3H3. The van der Waals surface area contributed by atoms with Gasteiger partial charge in [0.25, 0.3) is 0 Å². The summed E-state index contributed by atoms with van der Waals surface area (Å²) < 4.78 is 0. The van der Waals surface area contributed by atoms with Crippen molar-refractivity contribution in [2.45, 2.75) is 13.3 Å². The fraction of sp³-hybridized carbons (Fsp3) is 0.294. The molecule has 0 aliphatic heterocycles. The highest BCUT2D eigenvalue weighted by Crippen LogP contribution is 2.19. The summed E-state index contributed by atoms with van der Waals surface area (Å²) in [5, 5.41) is 0. The highest BCUT2D eigenvalue weighted by molar-refractivity contribution is 5.63. The van der Waals surface area contributed by atoms with Gasteiger partial charge in [0, 0.05) is 0 Å². The van der Waals surface area contributed by atoms with Crippen molar-refractivity contribution in [3.63, 3.8) is 0 Å². The summed E-state index contributed by atoms with van der Waals surface area (Å²) in [6.45, 7) is 2.18. The maximum atomic E-state index is 2.20. The average molecular weight is 241 g/mol. The lowest BCUT2D eigenvalue weighted by molar-refractivity contribution is 0.505. The largest absolute Gasteiger partial charge is 0.312 e. The van der Waals surface area contributed by atoms with E-state index in [1.165, 1.54) is 16.7 Å². The van der Waals surface area contributed by atoms with E-state index in [1.54, 1.807) is 0 Å². The molecule has 0 N–H and O–H groups in total. The summed E-state index contributed by atoms with van der Waals surface area (Å²) in [7, 11) is 6.00. The fourth-order valence-corrected chi connectivity index (χ4v) is 1.56. The number of rotatable bonds is 2. The van der Waals surface area contributed by atoms with Gasteiger partial charge in [-0.25, -0.2) is 0 Å². The normalized spacial score (nSPS) is 9.83. The molecule has 0 saturated heterocycles. The predicted octanol–water partition coefficient (Wildman–Crippen LogP) is 4.09. The van der Waals surface area contributed by atoms with Crippen molar-refractivity contribution < 1.29 is 0 Å². The van der Waals surface area contributed by atoms with E-state index in [2.05, 4.69) is 55.5 Å². The van der Waals surface area contributed by atoms with Gasteiger partial charge < -0.3 is 4.90 Å². The summed E-state index contributed by atoms with van der Waals surface area (Å²) in [6, 6.07) is 19.2. The average Bonchev–Trinajstić information content (AvgIpc) is 2.39. The van der Waals surface area contributed by atoms with E-state index in [0.29, 0.717) is 0 Å². The van der Waals surface area contributed by atoms with Crippen molar-refractivity contribution in [3.8, 4) is 11.1 Å². The quantitative estimate of drug-likeness (QED) is 0.765. The Morgan fingerprint density at radius 1 is 0.722 bits per heavy atom. The SMILES string of the molecule is CCc1ccc(-c2ccccc2)cc1.CN(C)C. The van der Waals surface area contributed by atoms with Crippen LogP contribution in [0.5, 0.6) is 0 Å². The Morgan fingerprint density at radius 2 is 1.17 bits per heavy atom. The maximum Gasteiger partial charge on any atom is -0.0140 e. The van der Waals surface area contributed by atoms with Gasteiger partial charge in [0.2, 0.25) is 0 Å².